The molecule has 12 heteroatoms. The van der Waals surface area contributed by atoms with E-state index in [-0.39, 0.29) is 31.2 Å². The van der Waals surface area contributed by atoms with Crippen molar-refractivity contribution in [2.24, 2.45) is 11.5 Å². The number of aromatic nitrogens is 1. The van der Waals surface area contributed by atoms with E-state index >= 15 is 0 Å². The minimum atomic E-state index is -1.15. The van der Waals surface area contributed by atoms with Crippen molar-refractivity contribution in [3.63, 3.8) is 0 Å². The van der Waals surface area contributed by atoms with Crippen molar-refractivity contribution in [2.75, 3.05) is 19.6 Å². The molecule has 1 aliphatic heterocycles. The van der Waals surface area contributed by atoms with Crippen LogP contribution >= 0.6 is 0 Å². The number of fused-ring (bicyclic) bond motifs is 1. The maximum atomic E-state index is 13.6. The molecule has 1 aliphatic rings. The monoisotopic (exact) mass is 557 g/mol. The zero-order valence-electron chi connectivity index (χ0n) is 22.9. The zero-order chi connectivity index (χ0) is 28.9. The van der Waals surface area contributed by atoms with Gasteiger partial charge >= 0.3 is 5.97 Å². The Balaban J connectivity index is 1.78. The van der Waals surface area contributed by atoms with Crippen LogP contribution in [0.5, 0.6) is 0 Å². The number of aromatic amines is 1. The predicted molar refractivity (Wildman–Crippen MR) is 152 cm³/mol. The normalized spacial score (nSPS) is 17.2. The van der Waals surface area contributed by atoms with Gasteiger partial charge in [-0.15, -0.1) is 0 Å². The Hall–Kier alpha value is -3.48. The van der Waals surface area contributed by atoms with E-state index in [4.69, 9.17) is 11.5 Å². The van der Waals surface area contributed by atoms with Crippen LogP contribution in [0.25, 0.3) is 10.9 Å². The van der Waals surface area contributed by atoms with Crippen LogP contribution in [0.3, 0.4) is 0 Å². The molecule has 3 amide bonds. The van der Waals surface area contributed by atoms with Crippen LogP contribution in [0.1, 0.15) is 56.9 Å². The quantitative estimate of drug-likeness (QED) is 0.126. The first-order chi connectivity index (χ1) is 19.3. The molecule has 220 valence electrons. The van der Waals surface area contributed by atoms with Gasteiger partial charge in [0.15, 0.2) is 0 Å². The average molecular weight is 558 g/mol. The molecule has 0 bridgehead atoms. The Morgan fingerprint density at radius 3 is 2.20 bits per heavy atom. The molecule has 1 fully saturated rings. The van der Waals surface area contributed by atoms with Crippen molar-refractivity contribution < 1.29 is 24.3 Å². The van der Waals surface area contributed by atoms with E-state index in [1.807, 2.05) is 30.5 Å². The molecule has 0 aliphatic carbocycles. The van der Waals surface area contributed by atoms with Gasteiger partial charge in [0.2, 0.25) is 17.7 Å². The van der Waals surface area contributed by atoms with Gasteiger partial charge < -0.3 is 42.8 Å². The largest absolute Gasteiger partial charge is 0.480 e. The van der Waals surface area contributed by atoms with Gasteiger partial charge in [0.05, 0.1) is 6.04 Å². The summed E-state index contributed by atoms with van der Waals surface area (Å²) in [7, 11) is 0. The first-order valence-corrected chi connectivity index (χ1v) is 14.2. The van der Waals surface area contributed by atoms with Gasteiger partial charge in [-0.05, 0) is 82.6 Å². The summed E-state index contributed by atoms with van der Waals surface area (Å²) in [5, 5.41) is 21.9. The summed E-state index contributed by atoms with van der Waals surface area (Å²) < 4.78 is 0. The summed E-state index contributed by atoms with van der Waals surface area (Å²) >= 11 is 0. The third-order valence-electron chi connectivity index (χ3n) is 7.25. The summed E-state index contributed by atoms with van der Waals surface area (Å²) in [5.74, 6) is -2.52. The topological polar surface area (TPSA) is 204 Å². The molecule has 0 saturated carbocycles. The van der Waals surface area contributed by atoms with Crippen LogP contribution in [0, 0.1) is 0 Å². The number of rotatable bonds is 17. The van der Waals surface area contributed by atoms with Crippen LogP contribution in [-0.4, -0.2) is 77.6 Å². The molecule has 3 rings (SSSR count). The molecule has 0 spiro atoms. The van der Waals surface area contributed by atoms with Crippen LogP contribution < -0.4 is 32.7 Å². The molecular formula is C28H43N7O5. The third-order valence-corrected chi connectivity index (χ3v) is 7.25. The highest BCUT2D eigenvalue weighted by Crippen LogP contribution is 2.20. The fraction of sp³-hybridized carbons (Fsp3) is 0.571. The van der Waals surface area contributed by atoms with Crippen molar-refractivity contribution in [3.8, 4) is 0 Å². The number of hydrogen-bond donors (Lipinski definition) is 8. The second-order valence-electron chi connectivity index (χ2n) is 10.3. The molecule has 1 aromatic heterocycles. The first kappa shape index (κ1) is 31.1. The Bertz CT molecular complexity index is 1130. The lowest BCUT2D eigenvalue weighted by molar-refractivity contribution is -0.142. The highest BCUT2D eigenvalue weighted by atomic mass is 16.4. The minimum Gasteiger partial charge on any atom is -0.480 e. The van der Waals surface area contributed by atoms with Crippen molar-refractivity contribution in [3.05, 3.63) is 36.0 Å². The molecule has 10 N–H and O–H groups in total. The number of hydrogen-bond acceptors (Lipinski definition) is 7. The van der Waals surface area contributed by atoms with Crippen molar-refractivity contribution in [1.82, 2.24) is 26.3 Å². The Morgan fingerprint density at radius 2 is 1.55 bits per heavy atom. The lowest BCUT2D eigenvalue weighted by atomic mass is 10.0. The number of unbranched alkanes of at least 4 members (excludes halogenated alkanes) is 2. The third kappa shape index (κ3) is 9.04. The maximum absolute atomic E-state index is 13.6. The number of amides is 3. The second-order valence-corrected chi connectivity index (χ2v) is 10.3. The van der Waals surface area contributed by atoms with Crippen LogP contribution in [-0.2, 0) is 25.6 Å². The summed E-state index contributed by atoms with van der Waals surface area (Å²) in [6.45, 7) is 1.58. The smallest absolute Gasteiger partial charge is 0.326 e. The lowest BCUT2D eigenvalue weighted by Gasteiger charge is -2.25. The molecule has 2 aromatic rings. The van der Waals surface area contributed by atoms with Gasteiger partial charge in [0.1, 0.15) is 18.1 Å². The van der Waals surface area contributed by atoms with E-state index < -0.39 is 35.9 Å². The van der Waals surface area contributed by atoms with E-state index in [1.165, 1.54) is 0 Å². The number of carbonyl (C=O) groups is 4. The number of nitrogens with two attached hydrogens (primary N) is 2. The van der Waals surface area contributed by atoms with Gasteiger partial charge in [-0.25, -0.2) is 4.79 Å². The number of nitrogens with one attached hydrogen (secondary N) is 5. The summed E-state index contributed by atoms with van der Waals surface area (Å²) in [6.07, 6.45) is 6.48. The molecule has 0 radical (unpaired) electrons. The zero-order valence-corrected chi connectivity index (χ0v) is 22.9. The second kappa shape index (κ2) is 15.9. The molecular weight excluding hydrogens is 514 g/mol. The van der Waals surface area contributed by atoms with Gasteiger partial charge in [0, 0.05) is 23.5 Å². The number of carboxylic acids is 1. The minimum absolute atomic E-state index is 0.211. The molecule has 4 unspecified atom stereocenters. The SMILES string of the molecule is NCCCCC(NC(=O)C(CCCCN)NC(=O)C(Cc1c[nH]c2ccccc12)NC(=O)C1CCCN1)C(=O)O. The summed E-state index contributed by atoms with van der Waals surface area (Å²) in [4.78, 5) is 54.8. The van der Waals surface area contributed by atoms with Crippen molar-refractivity contribution >= 4 is 34.6 Å². The number of aliphatic carboxylic acids is 1. The van der Waals surface area contributed by atoms with Gasteiger partial charge in [-0.3, -0.25) is 14.4 Å². The van der Waals surface area contributed by atoms with E-state index in [9.17, 15) is 24.3 Å². The Morgan fingerprint density at radius 1 is 0.900 bits per heavy atom. The van der Waals surface area contributed by atoms with Gasteiger partial charge in [0.25, 0.3) is 0 Å². The number of carbonyl (C=O) groups excluding carboxylic acids is 3. The number of carboxylic acid groups (broad SMARTS) is 1. The number of para-hydroxylation sites is 1. The van der Waals surface area contributed by atoms with Crippen molar-refractivity contribution in [1.29, 1.82) is 0 Å². The van der Waals surface area contributed by atoms with Crippen LogP contribution in [0.2, 0.25) is 0 Å². The molecule has 2 heterocycles. The van der Waals surface area contributed by atoms with Gasteiger partial charge in [-0.1, -0.05) is 18.2 Å². The Kier molecular flexibility index (Phi) is 12.4. The number of H-pyrrole nitrogens is 1. The average Bonchev–Trinajstić information content (AvgIpc) is 3.62. The Labute approximate surface area is 234 Å². The summed E-state index contributed by atoms with van der Waals surface area (Å²) in [6, 6.07) is 4.27. The van der Waals surface area contributed by atoms with Crippen LogP contribution in [0.4, 0.5) is 0 Å². The predicted octanol–water partition coefficient (Wildman–Crippen LogP) is 0.259. The van der Waals surface area contributed by atoms with Crippen molar-refractivity contribution in [2.45, 2.75) is 82.0 Å². The first-order valence-electron chi connectivity index (χ1n) is 14.2. The molecule has 12 nitrogen and oxygen atoms in total. The van der Waals surface area contributed by atoms with Gasteiger partial charge in [-0.2, -0.15) is 0 Å². The van der Waals surface area contributed by atoms with E-state index in [0.29, 0.717) is 45.2 Å². The number of benzene rings is 1. The fourth-order valence-electron chi connectivity index (χ4n) is 4.97. The molecule has 1 aromatic carbocycles. The highest BCUT2D eigenvalue weighted by Gasteiger charge is 2.31. The molecule has 40 heavy (non-hydrogen) atoms. The molecule has 1 saturated heterocycles. The van der Waals surface area contributed by atoms with E-state index in [2.05, 4.69) is 26.3 Å². The lowest BCUT2D eigenvalue weighted by Crippen LogP contribution is -2.57. The molecule has 4 atom stereocenters. The maximum Gasteiger partial charge on any atom is 0.326 e. The van der Waals surface area contributed by atoms with E-state index in [1.54, 1.807) is 0 Å². The fourth-order valence-corrected chi connectivity index (χ4v) is 4.97. The highest BCUT2D eigenvalue weighted by molar-refractivity contribution is 5.95. The van der Waals surface area contributed by atoms with E-state index in [0.717, 1.165) is 29.4 Å². The summed E-state index contributed by atoms with van der Waals surface area (Å²) in [5.41, 5.74) is 12.9. The van der Waals surface area contributed by atoms with Crippen LogP contribution in [0.15, 0.2) is 30.5 Å². The standard InChI is InChI=1S/C28H43N7O5/c29-13-5-3-10-22(26(37)34-23(28(39)40)11-4-6-14-30)33-27(38)24(35-25(36)21-12-7-15-31-21)16-18-17-32-20-9-2-1-8-19(18)20/h1-2,8-9,17,21-24,31-32H,3-7,10-16,29-30H2,(H,33,38)(H,34,37)(H,35,36)(H,39,40).